The van der Waals surface area contributed by atoms with Gasteiger partial charge in [0.25, 0.3) is 15.9 Å². The molecule has 196 valence electrons. The molecule has 1 N–H and O–H groups in total. The highest BCUT2D eigenvalue weighted by molar-refractivity contribution is 7.90. The molecule has 0 bridgehead atoms. The number of amides is 1. The number of aromatic nitrogens is 1. The van der Waals surface area contributed by atoms with E-state index in [1.54, 1.807) is 18.2 Å². The number of halogens is 4. The first-order valence-corrected chi connectivity index (χ1v) is 14.1. The summed E-state index contributed by atoms with van der Waals surface area (Å²) in [5.74, 6) is -3.43. The molecule has 5 rings (SSSR count). The highest BCUT2D eigenvalue weighted by Gasteiger charge is 2.22. The fraction of sp³-hybridized carbons (Fsp3) is 0.179. The first kappa shape index (κ1) is 26.4. The van der Waals surface area contributed by atoms with E-state index in [-0.39, 0.29) is 0 Å². The lowest BCUT2D eigenvalue weighted by Crippen LogP contribution is -2.29. The Hall–Kier alpha value is -3.20. The van der Waals surface area contributed by atoms with Crippen LogP contribution in [0.4, 0.5) is 8.78 Å². The van der Waals surface area contributed by atoms with Crippen LogP contribution >= 0.6 is 23.2 Å². The van der Waals surface area contributed by atoms with Crippen LogP contribution in [-0.2, 0) is 34.2 Å². The molecule has 0 unspecified atom stereocenters. The number of nitrogens with one attached hydrogen (secondary N) is 1. The maximum Gasteiger partial charge on any atom is 0.264 e. The van der Waals surface area contributed by atoms with Crippen molar-refractivity contribution in [1.82, 2.24) is 9.29 Å². The molecule has 0 saturated carbocycles. The number of sulfonamides is 1. The molecule has 0 aliphatic heterocycles. The maximum atomic E-state index is 13.5. The molecule has 0 fully saturated rings. The molecule has 1 aliphatic rings. The van der Waals surface area contributed by atoms with Crippen molar-refractivity contribution in [3.8, 4) is 0 Å². The van der Waals surface area contributed by atoms with Crippen LogP contribution in [-0.4, -0.2) is 18.9 Å². The second-order valence-corrected chi connectivity index (χ2v) is 11.6. The van der Waals surface area contributed by atoms with Crippen molar-refractivity contribution in [2.45, 2.75) is 37.1 Å². The van der Waals surface area contributed by atoms with Gasteiger partial charge in [-0.1, -0.05) is 47.5 Å². The van der Waals surface area contributed by atoms with E-state index in [1.165, 1.54) is 11.3 Å². The van der Waals surface area contributed by atoms with Crippen molar-refractivity contribution in [2.24, 2.45) is 0 Å². The van der Waals surface area contributed by atoms with Crippen molar-refractivity contribution in [3.05, 3.63) is 105 Å². The van der Waals surface area contributed by atoms with Gasteiger partial charge in [-0.25, -0.2) is 21.9 Å². The minimum absolute atomic E-state index is 0.503. The summed E-state index contributed by atoms with van der Waals surface area (Å²) < 4.78 is 55.8. The van der Waals surface area contributed by atoms with Crippen LogP contribution in [0.1, 0.15) is 35.2 Å². The van der Waals surface area contributed by atoms with Gasteiger partial charge in [-0.05, 0) is 78.8 Å². The lowest BCUT2D eigenvalue weighted by atomic mass is 9.95. The SMILES string of the molecule is O=C(/C=C/c1cccc2c3c(n(Cc4ccc(Cl)cc4Cl)c12)CCCC3)NS(=O)(=O)c1ccc(F)c(F)c1. The number of benzene rings is 3. The van der Waals surface area contributed by atoms with Crippen LogP contribution in [0.3, 0.4) is 0 Å². The fourth-order valence-electron chi connectivity index (χ4n) is 4.88. The molecule has 1 amide bonds. The highest BCUT2D eigenvalue weighted by Crippen LogP contribution is 2.36. The topological polar surface area (TPSA) is 68.2 Å². The predicted molar refractivity (Wildman–Crippen MR) is 145 cm³/mol. The van der Waals surface area contributed by atoms with Gasteiger partial charge in [-0.15, -0.1) is 0 Å². The normalized spacial score (nSPS) is 13.7. The summed E-state index contributed by atoms with van der Waals surface area (Å²) in [5.41, 5.74) is 5.01. The van der Waals surface area contributed by atoms with Gasteiger partial charge in [0.05, 0.1) is 10.4 Å². The van der Waals surface area contributed by atoms with Gasteiger partial charge in [0.2, 0.25) is 0 Å². The summed E-state index contributed by atoms with van der Waals surface area (Å²) in [6.07, 6.45) is 6.64. The van der Waals surface area contributed by atoms with E-state index in [4.69, 9.17) is 23.2 Å². The van der Waals surface area contributed by atoms with E-state index in [9.17, 15) is 22.0 Å². The molecule has 0 atom stereocenters. The number of fused-ring (bicyclic) bond motifs is 3. The van der Waals surface area contributed by atoms with Gasteiger partial charge in [-0.2, -0.15) is 0 Å². The number of carbonyl (C=O) groups excluding carboxylic acids is 1. The van der Waals surface area contributed by atoms with Crippen molar-refractivity contribution in [2.75, 3.05) is 0 Å². The second-order valence-electron chi connectivity index (χ2n) is 9.08. The Kier molecular flexibility index (Phi) is 7.31. The van der Waals surface area contributed by atoms with E-state index in [1.807, 2.05) is 29.0 Å². The van der Waals surface area contributed by atoms with E-state index < -0.39 is 32.5 Å². The van der Waals surface area contributed by atoms with Crippen molar-refractivity contribution in [1.29, 1.82) is 0 Å². The average molecular weight is 575 g/mol. The van der Waals surface area contributed by atoms with Gasteiger partial charge >= 0.3 is 0 Å². The van der Waals surface area contributed by atoms with Gasteiger partial charge in [0.15, 0.2) is 11.6 Å². The van der Waals surface area contributed by atoms with Crippen LogP contribution in [0.5, 0.6) is 0 Å². The molecule has 38 heavy (non-hydrogen) atoms. The van der Waals surface area contributed by atoms with E-state index in [0.717, 1.165) is 59.9 Å². The smallest absolute Gasteiger partial charge is 0.264 e. The Balaban J connectivity index is 1.50. The lowest BCUT2D eigenvalue weighted by molar-refractivity contribution is -0.114. The summed E-state index contributed by atoms with van der Waals surface area (Å²) in [4.78, 5) is 12.0. The lowest BCUT2D eigenvalue weighted by Gasteiger charge is -2.17. The Morgan fingerprint density at radius 1 is 1.00 bits per heavy atom. The molecule has 1 aromatic heterocycles. The molecular weight excluding hydrogens is 553 g/mol. The zero-order valence-corrected chi connectivity index (χ0v) is 22.3. The van der Waals surface area contributed by atoms with Gasteiger partial charge in [-0.3, -0.25) is 4.79 Å². The van der Waals surface area contributed by atoms with Gasteiger partial charge < -0.3 is 4.57 Å². The van der Waals surface area contributed by atoms with Crippen LogP contribution < -0.4 is 4.72 Å². The van der Waals surface area contributed by atoms with E-state index in [0.29, 0.717) is 28.7 Å². The van der Waals surface area contributed by atoms with Crippen LogP contribution in [0, 0.1) is 11.6 Å². The third-order valence-corrected chi connectivity index (χ3v) is 8.55. The largest absolute Gasteiger partial charge is 0.339 e. The highest BCUT2D eigenvalue weighted by atomic mass is 35.5. The Bertz CT molecular complexity index is 1720. The number of aryl methyl sites for hydroxylation is 1. The Morgan fingerprint density at radius 2 is 1.79 bits per heavy atom. The number of hydrogen-bond donors (Lipinski definition) is 1. The minimum atomic E-state index is -4.39. The van der Waals surface area contributed by atoms with Crippen molar-refractivity contribution >= 4 is 56.1 Å². The quantitative estimate of drug-likeness (QED) is 0.261. The number of rotatable bonds is 6. The number of nitrogens with zero attached hydrogens (tertiary/aromatic N) is 1. The zero-order chi connectivity index (χ0) is 27.0. The summed E-state index contributed by atoms with van der Waals surface area (Å²) in [7, 11) is -4.39. The maximum absolute atomic E-state index is 13.5. The molecule has 1 heterocycles. The molecule has 0 spiro atoms. The summed E-state index contributed by atoms with van der Waals surface area (Å²) >= 11 is 12.6. The molecule has 4 aromatic rings. The van der Waals surface area contributed by atoms with Gasteiger partial charge in [0.1, 0.15) is 0 Å². The molecule has 5 nitrogen and oxygen atoms in total. The zero-order valence-electron chi connectivity index (χ0n) is 20.0. The van der Waals surface area contributed by atoms with E-state index in [2.05, 4.69) is 4.57 Å². The molecule has 0 radical (unpaired) electrons. The monoisotopic (exact) mass is 574 g/mol. The first-order chi connectivity index (χ1) is 18.1. The summed E-state index contributed by atoms with van der Waals surface area (Å²) in [5, 5.41) is 2.17. The number of para-hydroxylation sites is 1. The molecule has 10 heteroatoms. The molecule has 3 aromatic carbocycles. The first-order valence-electron chi connectivity index (χ1n) is 11.9. The summed E-state index contributed by atoms with van der Waals surface area (Å²) in [6, 6.07) is 13.3. The van der Waals surface area contributed by atoms with Gasteiger partial charge in [0, 0.05) is 33.7 Å². The number of hydrogen-bond acceptors (Lipinski definition) is 3. The van der Waals surface area contributed by atoms with Crippen molar-refractivity contribution in [3.63, 3.8) is 0 Å². The minimum Gasteiger partial charge on any atom is -0.339 e. The predicted octanol–water partition coefficient (Wildman–Crippen LogP) is 6.67. The van der Waals surface area contributed by atoms with Crippen LogP contribution in [0.15, 0.2) is 65.6 Å². The Morgan fingerprint density at radius 3 is 2.55 bits per heavy atom. The average Bonchev–Trinajstić information content (AvgIpc) is 3.20. The second kappa shape index (κ2) is 10.5. The molecule has 1 aliphatic carbocycles. The molecular formula is C28H22Cl2F2N2O3S. The van der Waals surface area contributed by atoms with Crippen LogP contribution in [0.25, 0.3) is 17.0 Å². The third-order valence-electron chi connectivity index (χ3n) is 6.62. The van der Waals surface area contributed by atoms with Crippen LogP contribution in [0.2, 0.25) is 10.0 Å². The Labute approximate surface area is 228 Å². The fourth-order valence-corrected chi connectivity index (χ4v) is 6.31. The van der Waals surface area contributed by atoms with E-state index >= 15 is 0 Å². The third kappa shape index (κ3) is 5.21. The standard InChI is InChI=1S/C28H22Cl2F2N2O3S/c29-19-10-8-18(23(30)14-19)16-34-26-7-2-1-5-21(26)22-6-3-4-17(28(22)34)9-13-27(35)33-38(36,37)20-11-12-24(31)25(32)15-20/h3-4,6,8-15H,1-2,5,7,16H2,(H,33,35)/b13-9+. The molecule has 0 saturated heterocycles. The van der Waals surface area contributed by atoms with Crippen molar-refractivity contribution < 1.29 is 22.0 Å². The summed E-state index contributed by atoms with van der Waals surface area (Å²) in [6.45, 7) is 0.503. The number of carbonyl (C=O) groups is 1.